The molecule has 0 spiro atoms. The van der Waals surface area contributed by atoms with E-state index in [1.807, 2.05) is 13.0 Å². The van der Waals surface area contributed by atoms with Crippen LogP contribution < -0.4 is 4.74 Å². The number of pyridine rings is 1. The van der Waals surface area contributed by atoms with E-state index in [0.29, 0.717) is 5.52 Å². The zero-order valence-electron chi connectivity index (χ0n) is 8.30. The van der Waals surface area contributed by atoms with E-state index in [1.54, 1.807) is 12.1 Å². The lowest BCUT2D eigenvalue weighted by atomic mass is 10.3. The Bertz CT molecular complexity index is 533. The average Bonchev–Trinajstić information content (AvgIpc) is 2.57. The maximum atomic E-state index is 10.8. The lowest BCUT2D eigenvalue weighted by Crippen LogP contribution is -1.92. The summed E-state index contributed by atoms with van der Waals surface area (Å²) >= 11 is 0. The number of aryl methyl sites for hydroxylation is 1. The van der Waals surface area contributed by atoms with Gasteiger partial charge in [0, 0.05) is 5.69 Å². The zero-order valence-corrected chi connectivity index (χ0v) is 8.30. The van der Waals surface area contributed by atoms with Crippen LogP contribution in [0.3, 0.4) is 0 Å². The lowest BCUT2D eigenvalue weighted by Gasteiger charge is -1.94. The third-order valence-corrected chi connectivity index (χ3v) is 2.17. The van der Waals surface area contributed by atoms with E-state index in [2.05, 4.69) is 5.10 Å². The second kappa shape index (κ2) is 3.23. The van der Waals surface area contributed by atoms with Crippen LogP contribution in [0.1, 0.15) is 5.69 Å². The molecule has 2 rings (SSSR count). The van der Waals surface area contributed by atoms with Gasteiger partial charge in [-0.05, 0) is 19.1 Å². The van der Waals surface area contributed by atoms with E-state index in [9.17, 15) is 10.1 Å². The standard InChI is InChI=1S/C9H9N3O3/c1-6-4-3-5-7-8(12(13)14)9(15-2)10-11(6)7/h3-5H,1-2H3. The molecule has 2 aromatic heterocycles. The van der Waals surface area contributed by atoms with Gasteiger partial charge in [0.15, 0.2) is 0 Å². The molecule has 6 heteroatoms. The number of nitro groups is 1. The summed E-state index contributed by atoms with van der Waals surface area (Å²) in [5.41, 5.74) is 1.16. The Morgan fingerprint density at radius 1 is 1.53 bits per heavy atom. The second-order valence-corrected chi connectivity index (χ2v) is 3.08. The van der Waals surface area contributed by atoms with Crippen LogP contribution in [0.15, 0.2) is 18.2 Å². The van der Waals surface area contributed by atoms with Crippen LogP contribution >= 0.6 is 0 Å². The van der Waals surface area contributed by atoms with Crippen molar-refractivity contribution in [2.24, 2.45) is 0 Å². The fraction of sp³-hybridized carbons (Fsp3) is 0.222. The number of ether oxygens (including phenoxy) is 1. The topological polar surface area (TPSA) is 69.7 Å². The first kappa shape index (κ1) is 9.45. The minimum absolute atomic E-state index is 0.0364. The van der Waals surface area contributed by atoms with E-state index < -0.39 is 4.92 Å². The molecule has 0 saturated carbocycles. The predicted octanol–water partition coefficient (Wildman–Crippen LogP) is 1.56. The van der Waals surface area contributed by atoms with Crippen LogP contribution in [0, 0.1) is 17.0 Å². The summed E-state index contributed by atoms with van der Waals surface area (Å²) in [6, 6.07) is 5.21. The van der Waals surface area contributed by atoms with Crippen molar-refractivity contribution in [3.63, 3.8) is 0 Å². The average molecular weight is 207 g/mol. The summed E-state index contributed by atoms with van der Waals surface area (Å²) in [4.78, 5) is 10.4. The van der Waals surface area contributed by atoms with Gasteiger partial charge in [0.1, 0.15) is 5.52 Å². The smallest absolute Gasteiger partial charge is 0.357 e. The van der Waals surface area contributed by atoms with Gasteiger partial charge in [-0.25, -0.2) is 4.52 Å². The van der Waals surface area contributed by atoms with Gasteiger partial charge in [-0.15, -0.1) is 5.10 Å². The summed E-state index contributed by atoms with van der Waals surface area (Å²) in [6.45, 7) is 1.82. The fourth-order valence-electron chi connectivity index (χ4n) is 1.48. The largest absolute Gasteiger partial charge is 0.475 e. The van der Waals surface area contributed by atoms with Crippen molar-refractivity contribution in [2.45, 2.75) is 6.92 Å². The Balaban J connectivity index is 2.86. The number of fused-ring (bicyclic) bond motifs is 1. The molecular weight excluding hydrogens is 198 g/mol. The summed E-state index contributed by atoms with van der Waals surface area (Å²) in [7, 11) is 1.37. The second-order valence-electron chi connectivity index (χ2n) is 3.08. The van der Waals surface area contributed by atoms with Gasteiger partial charge in [0.2, 0.25) is 0 Å². The SMILES string of the molecule is COc1nn2c(C)cccc2c1[N+](=O)[O-]. The highest BCUT2D eigenvalue weighted by molar-refractivity contribution is 5.70. The van der Waals surface area contributed by atoms with Crippen molar-refractivity contribution in [2.75, 3.05) is 7.11 Å². The van der Waals surface area contributed by atoms with Crippen LogP contribution in [-0.2, 0) is 0 Å². The summed E-state index contributed by atoms with van der Waals surface area (Å²) in [6.07, 6.45) is 0. The van der Waals surface area contributed by atoms with E-state index in [1.165, 1.54) is 11.6 Å². The van der Waals surface area contributed by atoms with Crippen LogP contribution in [0.5, 0.6) is 5.88 Å². The van der Waals surface area contributed by atoms with Crippen molar-refractivity contribution in [1.29, 1.82) is 0 Å². The molecule has 0 aliphatic heterocycles. The molecule has 15 heavy (non-hydrogen) atoms. The van der Waals surface area contributed by atoms with Gasteiger partial charge in [0.05, 0.1) is 12.0 Å². The quantitative estimate of drug-likeness (QED) is 0.553. The van der Waals surface area contributed by atoms with E-state index >= 15 is 0 Å². The molecule has 0 bridgehead atoms. The molecular formula is C9H9N3O3. The highest BCUT2D eigenvalue weighted by atomic mass is 16.6. The zero-order chi connectivity index (χ0) is 11.0. The maximum absolute atomic E-state index is 10.8. The normalized spacial score (nSPS) is 10.5. The Morgan fingerprint density at radius 2 is 2.27 bits per heavy atom. The van der Waals surface area contributed by atoms with Gasteiger partial charge in [-0.2, -0.15) is 0 Å². The van der Waals surface area contributed by atoms with Gasteiger partial charge in [0.25, 0.3) is 0 Å². The molecule has 6 nitrogen and oxygen atoms in total. The molecule has 0 N–H and O–H groups in total. The third-order valence-electron chi connectivity index (χ3n) is 2.17. The monoisotopic (exact) mass is 207 g/mol. The Morgan fingerprint density at radius 3 is 2.87 bits per heavy atom. The van der Waals surface area contributed by atoms with E-state index in [-0.39, 0.29) is 11.6 Å². The van der Waals surface area contributed by atoms with Crippen LogP contribution in [-0.4, -0.2) is 21.6 Å². The number of nitrogens with zero attached hydrogens (tertiary/aromatic N) is 3. The molecule has 0 unspecified atom stereocenters. The van der Waals surface area contributed by atoms with Crippen LogP contribution in [0.25, 0.3) is 5.52 Å². The van der Waals surface area contributed by atoms with Crippen LogP contribution in [0.4, 0.5) is 5.69 Å². The van der Waals surface area contributed by atoms with Crippen molar-refractivity contribution in [3.8, 4) is 5.88 Å². The molecule has 78 valence electrons. The Kier molecular flexibility index (Phi) is 2.03. The summed E-state index contributed by atoms with van der Waals surface area (Å²) in [5, 5.41) is 14.8. The molecule has 0 aromatic carbocycles. The van der Waals surface area contributed by atoms with Crippen molar-refractivity contribution < 1.29 is 9.66 Å². The first-order valence-electron chi connectivity index (χ1n) is 4.32. The van der Waals surface area contributed by atoms with Gasteiger partial charge in [-0.1, -0.05) is 6.07 Å². The van der Waals surface area contributed by atoms with Crippen LogP contribution in [0.2, 0.25) is 0 Å². The number of rotatable bonds is 2. The molecule has 0 fully saturated rings. The molecule has 0 aliphatic rings. The first-order chi connectivity index (χ1) is 7.15. The number of methoxy groups -OCH3 is 1. The maximum Gasteiger partial charge on any atom is 0.357 e. The molecule has 0 atom stereocenters. The summed E-state index contributed by atoms with van der Waals surface area (Å²) < 4.78 is 6.37. The van der Waals surface area contributed by atoms with Crippen molar-refractivity contribution in [3.05, 3.63) is 34.0 Å². The third kappa shape index (κ3) is 1.30. The number of hydrogen-bond donors (Lipinski definition) is 0. The van der Waals surface area contributed by atoms with E-state index in [4.69, 9.17) is 4.74 Å². The van der Waals surface area contributed by atoms with Gasteiger partial charge in [-0.3, -0.25) is 10.1 Å². The molecule has 0 radical (unpaired) electrons. The Hall–Kier alpha value is -2.11. The van der Waals surface area contributed by atoms with Gasteiger partial charge >= 0.3 is 11.6 Å². The molecule has 2 aromatic rings. The molecule has 0 saturated heterocycles. The highest BCUT2D eigenvalue weighted by Crippen LogP contribution is 2.30. The fourth-order valence-corrected chi connectivity index (χ4v) is 1.48. The molecule has 0 aliphatic carbocycles. The molecule has 2 heterocycles. The number of hydrogen-bond acceptors (Lipinski definition) is 4. The minimum Gasteiger partial charge on any atom is -0.475 e. The van der Waals surface area contributed by atoms with Gasteiger partial charge < -0.3 is 4.74 Å². The van der Waals surface area contributed by atoms with Crippen molar-refractivity contribution >= 4 is 11.2 Å². The highest BCUT2D eigenvalue weighted by Gasteiger charge is 2.24. The summed E-state index contributed by atoms with van der Waals surface area (Å²) in [5.74, 6) is 0.0364. The predicted molar refractivity (Wildman–Crippen MR) is 53.1 cm³/mol. The minimum atomic E-state index is -0.486. The lowest BCUT2D eigenvalue weighted by molar-refractivity contribution is -0.384. The molecule has 0 amide bonds. The number of aromatic nitrogens is 2. The van der Waals surface area contributed by atoms with E-state index in [0.717, 1.165) is 5.69 Å². The Labute approximate surface area is 85.2 Å². The first-order valence-corrected chi connectivity index (χ1v) is 4.32. The van der Waals surface area contributed by atoms with Crippen molar-refractivity contribution in [1.82, 2.24) is 9.61 Å².